The van der Waals surface area contributed by atoms with Crippen molar-refractivity contribution in [2.24, 2.45) is 0 Å². The standard InChI is InChI=1S/C12H14N4O3S/c17-20(18,15-6-4-11-13-8-14-16-11)10-3-1-2-9-5-7-19-12(9)10/h1-3,8,15H,4-7H2,(H,13,14,16). The number of hydrogen-bond donors (Lipinski definition) is 2. The molecule has 20 heavy (non-hydrogen) atoms. The first-order chi connectivity index (χ1) is 9.67. The molecule has 7 nitrogen and oxygen atoms in total. The van der Waals surface area contributed by atoms with E-state index in [2.05, 4.69) is 19.9 Å². The van der Waals surface area contributed by atoms with Crippen LogP contribution in [0.5, 0.6) is 5.75 Å². The van der Waals surface area contributed by atoms with Crippen molar-refractivity contribution >= 4 is 10.0 Å². The number of aromatic nitrogens is 3. The number of fused-ring (bicyclic) bond motifs is 1. The smallest absolute Gasteiger partial charge is 0.244 e. The lowest BCUT2D eigenvalue weighted by atomic mass is 10.2. The molecule has 0 radical (unpaired) electrons. The number of benzene rings is 1. The van der Waals surface area contributed by atoms with Crippen LogP contribution in [-0.2, 0) is 22.9 Å². The van der Waals surface area contributed by atoms with E-state index in [4.69, 9.17) is 4.74 Å². The molecule has 1 aromatic heterocycles. The summed E-state index contributed by atoms with van der Waals surface area (Å²) in [7, 11) is -3.58. The summed E-state index contributed by atoms with van der Waals surface area (Å²) in [6.45, 7) is 0.779. The number of sulfonamides is 1. The van der Waals surface area contributed by atoms with Crippen molar-refractivity contribution in [3.05, 3.63) is 35.9 Å². The number of para-hydroxylation sites is 1. The van der Waals surface area contributed by atoms with Gasteiger partial charge in [0.1, 0.15) is 22.8 Å². The van der Waals surface area contributed by atoms with E-state index in [0.29, 0.717) is 24.6 Å². The Labute approximate surface area is 116 Å². The van der Waals surface area contributed by atoms with Crippen LogP contribution in [0, 0.1) is 0 Å². The zero-order valence-electron chi connectivity index (χ0n) is 10.7. The first-order valence-electron chi connectivity index (χ1n) is 6.25. The van der Waals surface area contributed by atoms with Gasteiger partial charge >= 0.3 is 0 Å². The molecule has 2 heterocycles. The van der Waals surface area contributed by atoms with E-state index in [0.717, 1.165) is 12.0 Å². The van der Waals surface area contributed by atoms with E-state index in [9.17, 15) is 8.42 Å². The van der Waals surface area contributed by atoms with Crippen molar-refractivity contribution in [3.8, 4) is 5.75 Å². The average molecular weight is 294 g/mol. The predicted octanol–water partition coefficient (Wildman–Crippen LogP) is 0.261. The molecular formula is C12H14N4O3S. The third-order valence-corrected chi connectivity index (χ3v) is 4.57. The summed E-state index contributed by atoms with van der Waals surface area (Å²) in [5, 5.41) is 6.39. The Kier molecular flexibility index (Phi) is 3.41. The van der Waals surface area contributed by atoms with E-state index in [1.807, 2.05) is 6.07 Å². The van der Waals surface area contributed by atoms with Gasteiger partial charge in [-0.25, -0.2) is 18.1 Å². The molecule has 0 unspecified atom stereocenters. The van der Waals surface area contributed by atoms with Gasteiger partial charge in [0.25, 0.3) is 0 Å². The lowest BCUT2D eigenvalue weighted by Crippen LogP contribution is -2.26. The maximum atomic E-state index is 12.3. The van der Waals surface area contributed by atoms with Crippen LogP contribution in [0.4, 0.5) is 0 Å². The van der Waals surface area contributed by atoms with Crippen molar-refractivity contribution in [2.75, 3.05) is 13.2 Å². The number of aromatic amines is 1. The molecular weight excluding hydrogens is 280 g/mol. The topological polar surface area (TPSA) is 97.0 Å². The van der Waals surface area contributed by atoms with Gasteiger partial charge in [-0.3, -0.25) is 5.10 Å². The average Bonchev–Trinajstić information content (AvgIpc) is 3.08. The molecule has 1 aliphatic heterocycles. The number of H-pyrrole nitrogens is 1. The van der Waals surface area contributed by atoms with Gasteiger partial charge in [-0.1, -0.05) is 12.1 Å². The van der Waals surface area contributed by atoms with Crippen molar-refractivity contribution in [3.63, 3.8) is 0 Å². The lowest BCUT2D eigenvalue weighted by molar-refractivity contribution is 0.348. The number of nitrogens with zero attached hydrogens (tertiary/aromatic N) is 2. The summed E-state index contributed by atoms with van der Waals surface area (Å²) < 4.78 is 32.5. The highest BCUT2D eigenvalue weighted by atomic mass is 32.2. The highest BCUT2D eigenvalue weighted by molar-refractivity contribution is 7.89. The Morgan fingerprint density at radius 2 is 2.30 bits per heavy atom. The Morgan fingerprint density at radius 3 is 3.10 bits per heavy atom. The van der Waals surface area contributed by atoms with E-state index in [1.165, 1.54) is 6.33 Å². The molecule has 0 fully saturated rings. The normalized spacial score (nSPS) is 14.0. The third kappa shape index (κ3) is 2.52. The molecule has 0 amide bonds. The van der Waals surface area contributed by atoms with Gasteiger partial charge in [0.05, 0.1) is 6.61 Å². The second kappa shape index (κ2) is 5.22. The van der Waals surface area contributed by atoms with Crippen LogP contribution >= 0.6 is 0 Å². The van der Waals surface area contributed by atoms with Gasteiger partial charge in [0, 0.05) is 19.4 Å². The fourth-order valence-electron chi connectivity index (χ4n) is 2.13. The number of ether oxygens (including phenoxy) is 1. The fraction of sp³-hybridized carbons (Fsp3) is 0.333. The maximum absolute atomic E-state index is 12.3. The summed E-state index contributed by atoms with van der Waals surface area (Å²) in [6.07, 6.45) is 2.59. The maximum Gasteiger partial charge on any atom is 0.244 e. The van der Waals surface area contributed by atoms with Gasteiger partial charge in [-0.15, -0.1) is 0 Å². The van der Waals surface area contributed by atoms with Crippen LogP contribution in [0.3, 0.4) is 0 Å². The molecule has 1 aromatic carbocycles. The zero-order valence-corrected chi connectivity index (χ0v) is 11.5. The molecule has 0 spiro atoms. The molecule has 0 aliphatic carbocycles. The van der Waals surface area contributed by atoms with Crippen molar-refractivity contribution in [2.45, 2.75) is 17.7 Å². The number of nitrogens with one attached hydrogen (secondary N) is 2. The fourth-order valence-corrected chi connectivity index (χ4v) is 3.35. The van der Waals surface area contributed by atoms with Gasteiger partial charge < -0.3 is 4.74 Å². The molecule has 3 rings (SSSR count). The van der Waals surface area contributed by atoms with Crippen LogP contribution < -0.4 is 9.46 Å². The van der Waals surface area contributed by atoms with E-state index >= 15 is 0 Å². The minimum absolute atomic E-state index is 0.199. The van der Waals surface area contributed by atoms with Gasteiger partial charge in [-0.2, -0.15) is 5.10 Å². The number of rotatable bonds is 5. The Bertz CT molecular complexity index is 697. The molecule has 0 bridgehead atoms. The molecule has 106 valence electrons. The van der Waals surface area contributed by atoms with E-state index in [-0.39, 0.29) is 11.4 Å². The van der Waals surface area contributed by atoms with Crippen LogP contribution in [0.1, 0.15) is 11.4 Å². The van der Waals surface area contributed by atoms with Crippen molar-refractivity contribution in [1.82, 2.24) is 19.9 Å². The zero-order chi connectivity index (χ0) is 14.0. The SMILES string of the molecule is O=S(=O)(NCCc1ncn[nH]1)c1cccc2c1OCC2. The summed E-state index contributed by atoms with van der Waals surface area (Å²) >= 11 is 0. The molecule has 0 saturated carbocycles. The minimum Gasteiger partial charge on any atom is -0.492 e. The quantitative estimate of drug-likeness (QED) is 0.824. The Hall–Kier alpha value is -1.93. The van der Waals surface area contributed by atoms with Crippen LogP contribution in [0.15, 0.2) is 29.4 Å². The second-order valence-electron chi connectivity index (χ2n) is 4.42. The Balaban J connectivity index is 1.74. The first kappa shape index (κ1) is 13.1. The lowest BCUT2D eigenvalue weighted by Gasteiger charge is -2.09. The van der Waals surface area contributed by atoms with E-state index < -0.39 is 10.0 Å². The Morgan fingerprint density at radius 1 is 1.40 bits per heavy atom. The van der Waals surface area contributed by atoms with Crippen LogP contribution in [0.25, 0.3) is 0 Å². The van der Waals surface area contributed by atoms with Gasteiger partial charge in [0.15, 0.2) is 0 Å². The molecule has 2 N–H and O–H groups in total. The number of hydrogen-bond acceptors (Lipinski definition) is 5. The second-order valence-corrected chi connectivity index (χ2v) is 6.16. The first-order valence-corrected chi connectivity index (χ1v) is 7.74. The minimum atomic E-state index is -3.58. The summed E-state index contributed by atoms with van der Waals surface area (Å²) in [5.41, 5.74) is 0.933. The van der Waals surface area contributed by atoms with Gasteiger partial charge in [0.2, 0.25) is 10.0 Å². The van der Waals surface area contributed by atoms with E-state index in [1.54, 1.807) is 12.1 Å². The molecule has 2 aromatic rings. The largest absolute Gasteiger partial charge is 0.492 e. The molecule has 1 aliphatic rings. The summed E-state index contributed by atoms with van der Waals surface area (Å²) in [4.78, 5) is 4.14. The highest BCUT2D eigenvalue weighted by Gasteiger charge is 2.24. The van der Waals surface area contributed by atoms with Crippen LogP contribution in [-0.4, -0.2) is 36.8 Å². The van der Waals surface area contributed by atoms with Gasteiger partial charge in [-0.05, 0) is 11.6 Å². The predicted molar refractivity (Wildman–Crippen MR) is 70.9 cm³/mol. The van der Waals surface area contributed by atoms with Crippen LogP contribution in [0.2, 0.25) is 0 Å². The van der Waals surface area contributed by atoms with Crippen molar-refractivity contribution < 1.29 is 13.2 Å². The molecule has 8 heteroatoms. The molecule has 0 atom stereocenters. The monoisotopic (exact) mass is 294 g/mol. The summed E-state index contributed by atoms with van der Waals surface area (Å²) in [6, 6.07) is 5.18. The summed E-state index contributed by atoms with van der Waals surface area (Å²) in [5.74, 6) is 1.11. The van der Waals surface area contributed by atoms with Crippen molar-refractivity contribution in [1.29, 1.82) is 0 Å². The third-order valence-electron chi connectivity index (χ3n) is 3.09. The molecule has 0 saturated heterocycles. The highest BCUT2D eigenvalue weighted by Crippen LogP contribution is 2.32.